The van der Waals surface area contributed by atoms with E-state index < -0.39 is 29.7 Å². The Labute approximate surface area is 186 Å². The van der Waals surface area contributed by atoms with Gasteiger partial charge in [-0.05, 0) is 31.9 Å². The minimum atomic E-state index is -0.721. The first-order valence-electron chi connectivity index (χ1n) is 10.5. The van der Waals surface area contributed by atoms with Crippen molar-refractivity contribution in [1.29, 1.82) is 0 Å². The van der Waals surface area contributed by atoms with E-state index in [-0.39, 0.29) is 36.1 Å². The van der Waals surface area contributed by atoms with Gasteiger partial charge in [-0.3, -0.25) is 14.4 Å². The Hall–Kier alpha value is -3.42. The van der Waals surface area contributed by atoms with Gasteiger partial charge in [0, 0.05) is 18.7 Å². The van der Waals surface area contributed by atoms with Gasteiger partial charge in [-0.25, -0.2) is 4.98 Å². The molecule has 0 amide bonds. The van der Waals surface area contributed by atoms with Crippen molar-refractivity contribution in [3.8, 4) is 17.2 Å². The third-order valence-electron chi connectivity index (χ3n) is 4.90. The number of ketones is 1. The minimum Gasteiger partial charge on any atom is -0.493 e. The standard InChI is InChI=1S/C24H27NO7/c1-15(23(27)31-16(2)14-30-18-7-5-4-6-8-18)13-19(26)21-22(20(29-3)11-12-25-21)32-24(28)17-9-10-17/h4-8,11-12,15-17H,9-10,13-14H2,1-3H3/t15-,16+/m1/s1. The number of hydrogen-bond donors (Lipinski definition) is 0. The van der Waals surface area contributed by atoms with Gasteiger partial charge in [-0.1, -0.05) is 25.1 Å². The largest absolute Gasteiger partial charge is 0.493 e. The molecule has 0 aliphatic heterocycles. The van der Waals surface area contributed by atoms with E-state index in [4.69, 9.17) is 18.9 Å². The van der Waals surface area contributed by atoms with E-state index in [0.29, 0.717) is 5.75 Å². The summed E-state index contributed by atoms with van der Waals surface area (Å²) in [5.41, 5.74) is -0.0431. The Morgan fingerprint density at radius 1 is 1.09 bits per heavy atom. The SMILES string of the molecule is COc1ccnc(C(=O)C[C@@H](C)C(=O)O[C@@H](C)COc2ccccc2)c1OC(=O)C1CC1. The van der Waals surface area contributed by atoms with E-state index in [1.165, 1.54) is 19.4 Å². The summed E-state index contributed by atoms with van der Waals surface area (Å²) in [4.78, 5) is 41.5. The normalized spacial score (nSPS) is 14.7. The third-order valence-corrected chi connectivity index (χ3v) is 4.90. The molecule has 170 valence electrons. The summed E-state index contributed by atoms with van der Waals surface area (Å²) in [7, 11) is 1.41. The van der Waals surface area contributed by atoms with Gasteiger partial charge in [0.2, 0.25) is 5.75 Å². The third kappa shape index (κ3) is 6.29. The van der Waals surface area contributed by atoms with Gasteiger partial charge in [-0.15, -0.1) is 0 Å². The summed E-state index contributed by atoms with van der Waals surface area (Å²) in [6.07, 6.45) is 2.27. The van der Waals surface area contributed by atoms with Crippen molar-refractivity contribution in [3.05, 3.63) is 48.3 Å². The number of para-hydroxylation sites is 1. The van der Waals surface area contributed by atoms with Crippen molar-refractivity contribution in [1.82, 2.24) is 4.98 Å². The number of aromatic nitrogens is 1. The minimum absolute atomic E-state index is 0.0119. The van der Waals surface area contributed by atoms with Gasteiger partial charge in [0.25, 0.3) is 0 Å². The molecule has 0 spiro atoms. The number of methoxy groups -OCH3 is 1. The average molecular weight is 441 g/mol. The Balaban J connectivity index is 1.58. The van der Waals surface area contributed by atoms with Crippen molar-refractivity contribution in [2.24, 2.45) is 11.8 Å². The quantitative estimate of drug-likeness (QED) is 0.385. The summed E-state index contributed by atoms with van der Waals surface area (Å²) < 4.78 is 21.6. The molecule has 0 bridgehead atoms. The van der Waals surface area contributed by atoms with Crippen LogP contribution in [0.25, 0.3) is 0 Å². The molecule has 32 heavy (non-hydrogen) atoms. The van der Waals surface area contributed by atoms with Crippen LogP contribution in [-0.2, 0) is 14.3 Å². The molecule has 1 aliphatic carbocycles. The molecule has 8 heteroatoms. The second-order valence-corrected chi connectivity index (χ2v) is 7.79. The smallest absolute Gasteiger partial charge is 0.314 e. The molecule has 3 rings (SSSR count). The van der Waals surface area contributed by atoms with Gasteiger partial charge >= 0.3 is 11.9 Å². The first-order valence-corrected chi connectivity index (χ1v) is 10.5. The zero-order valence-corrected chi connectivity index (χ0v) is 18.4. The monoisotopic (exact) mass is 441 g/mol. The van der Waals surface area contributed by atoms with Crippen LogP contribution in [0, 0.1) is 11.8 Å². The van der Waals surface area contributed by atoms with Crippen LogP contribution in [0.15, 0.2) is 42.6 Å². The van der Waals surface area contributed by atoms with Gasteiger partial charge in [0.1, 0.15) is 18.5 Å². The van der Waals surface area contributed by atoms with E-state index >= 15 is 0 Å². The zero-order valence-electron chi connectivity index (χ0n) is 18.4. The maximum Gasteiger partial charge on any atom is 0.314 e. The molecule has 0 N–H and O–H groups in total. The molecule has 1 fully saturated rings. The number of carbonyl (C=O) groups excluding carboxylic acids is 3. The van der Waals surface area contributed by atoms with Crippen LogP contribution < -0.4 is 14.2 Å². The second-order valence-electron chi connectivity index (χ2n) is 7.79. The molecule has 0 saturated heterocycles. The molecule has 2 atom stereocenters. The fourth-order valence-electron chi connectivity index (χ4n) is 2.93. The number of carbonyl (C=O) groups is 3. The highest BCUT2D eigenvalue weighted by Crippen LogP contribution is 2.35. The van der Waals surface area contributed by atoms with E-state index in [1.807, 2.05) is 30.3 Å². The fourth-order valence-corrected chi connectivity index (χ4v) is 2.93. The average Bonchev–Trinajstić information content (AvgIpc) is 3.64. The maximum absolute atomic E-state index is 12.9. The van der Waals surface area contributed by atoms with Crippen molar-refractivity contribution in [3.63, 3.8) is 0 Å². The van der Waals surface area contributed by atoms with Crippen LogP contribution in [-0.4, -0.2) is 42.5 Å². The summed E-state index contributed by atoms with van der Waals surface area (Å²) in [5.74, 6) is -1.36. The van der Waals surface area contributed by atoms with Gasteiger partial charge < -0.3 is 18.9 Å². The van der Waals surface area contributed by atoms with Crippen molar-refractivity contribution in [2.75, 3.05) is 13.7 Å². The molecule has 0 radical (unpaired) electrons. The summed E-state index contributed by atoms with van der Waals surface area (Å²) in [5, 5.41) is 0. The molecule has 1 heterocycles. The highest BCUT2D eigenvalue weighted by atomic mass is 16.6. The topological polar surface area (TPSA) is 101 Å². The number of pyridine rings is 1. The lowest BCUT2D eigenvalue weighted by atomic mass is 10.0. The lowest BCUT2D eigenvalue weighted by Crippen LogP contribution is -2.27. The molecule has 0 unspecified atom stereocenters. The number of esters is 2. The van der Waals surface area contributed by atoms with Gasteiger partial charge in [0.15, 0.2) is 17.2 Å². The summed E-state index contributed by atoms with van der Waals surface area (Å²) in [6.45, 7) is 3.50. The Morgan fingerprint density at radius 3 is 2.47 bits per heavy atom. The van der Waals surface area contributed by atoms with Crippen LogP contribution in [0.1, 0.15) is 43.6 Å². The zero-order chi connectivity index (χ0) is 23.1. The van der Waals surface area contributed by atoms with Crippen molar-refractivity contribution >= 4 is 17.7 Å². The Morgan fingerprint density at radius 2 is 1.81 bits per heavy atom. The molecule has 1 aromatic heterocycles. The van der Waals surface area contributed by atoms with Crippen LogP contribution >= 0.6 is 0 Å². The molecular weight excluding hydrogens is 414 g/mol. The van der Waals surface area contributed by atoms with Crippen molar-refractivity contribution in [2.45, 2.75) is 39.2 Å². The lowest BCUT2D eigenvalue weighted by Gasteiger charge is -2.17. The lowest BCUT2D eigenvalue weighted by molar-refractivity contribution is -0.153. The number of nitrogens with zero attached hydrogens (tertiary/aromatic N) is 1. The fraction of sp³-hybridized carbons (Fsp3) is 0.417. The van der Waals surface area contributed by atoms with Gasteiger partial charge in [0.05, 0.1) is 18.9 Å². The number of rotatable bonds is 11. The number of ether oxygens (including phenoxy) is 4. The van der Waals surface area contributed by atoms with Crippen LogP contribution in [0.4, 0.5) is 0 Å². The van der Waals surface area contributed by atoms with E-state index in [9.17, 15) is 14.4 Å². The second kappa shape index (κ2) is 10.7. The first-order chi connectivity index (χ1) is 15.4. The Kier molecular flexibility index (Phi) is 7.81. The molecule has 1 saturated carbocycles. The highest BCUT2D eigenvalue weighted by Gasteiger charge is 2.34. The Bertz CT molecular complexity index is 956. The molecular formula is C24H27NO7. The predicted molar refractivity (Wildman–Crippen MR) is 115 cm³/mol. The number of hydrogen-bond acceptors (Lipinski definition) is 8. The van der Waals surface area contributed by atoms with E-state index in [1.54, 1.807) is 13.8 Å². The van der Waals surface area contributed by atoms with Crippen LogP contribution in [0.5, 0.6) is 17.2 Å². The maximum atomic E-state index is 12.9. The van der Waals surface area contributed by atoms with Gasteiger partial charge in [-0.2, -0.15) is 0 Å². The molecule has 1 aliphatic rings. The van der Waals surface area contributed by atoms with Crippen LogP contribution in [0.3, 0.4) is 0 Å². The van der Waals surface area contributed by atoms with Crippen LogP contribution in [0.2, 0.25) is 0 Å². The summed E-state index contributed by atoms with van der Waals surface area (Å²) in [6, 6.07) is 10.7. The van der Waals surface area contributed by atoms with E-state index in [0.717, 1.165) is 12.8 Å². The van der Waals surface area contributed by atoms with E-state index in [2.05, 4.69) is 4.98 Å². The highest BCUT2D eigenvalue weighted by molar-refractivity contribution is 6.00. The summed E-state index contributed by atoms with van der Waals surface area (Å²) >= 11 is 0. The molecule has 2 aromatic rings. The van der Waals surface area contributed by atoms with Crippen molar-refractivity contribution < 1.29 is 33.3 Å². The number of Topliss-reactive ketones (excluding diaryl/α,β-unsaturated/α-hetero) is 1. The molecule has 8 nitrogen and oxygen atoms in total. The number of benzene rings is 1. The molecule has 1 aromatic carbocycles. The first kappa shape index (κ1) is 23.2. The predicted octanol–water partition coefficient (Wildman–Crippen LogP) is 3.63.